The molecule has 0 saturated carbocycles. The minimum Gasteiger partial charge on any atom is -0.463 e. The Hall–Kier alpha value is -2.84. The molecule has 2 amide bonds. The molecule has 0 radical (unpaired) electrons. The van der Waals surface area contributed by atoms with E-state index in [2.05, 4.69) is 10.6 Å². The van der Waals surface area contributed by atoms with Crippen LogP contribution in [-0.4, -0.2) is 31.2 Å². The van der Waals surface area contributed by atoms with E-state index in [1.54, 1.807) is 37.3 Å². The molecule has 7 nitrogen and oxygen atoms in total. The van der Waals surface area contributed by atoms with E-state index >= 15 is 0 Å². The van der Waals surface area contributed by atoms with Gasteiger partial charge in [0.25, 0.3) is 0 Å². The van der Waals surface area contributed by atoms with E-state index in [1.807, 2.05) is 12.1 Å². The van der Waals surface area contributed by atoms with Gasteiger partial charge in [-0.15, -0.1) is 11.8 Å². The van der Waals surface area contributed by atoms with E-state index in [-0.39, 0.29) is 13.4 Å². The van der Waals surface area contributed by atoms with Crippen LogP contribution in [0.2, 0.25) is 5.02 Å². The summed E-state index contributed by atoms with van der Waals surface area (Å²) in [5, 5.41) is 6.22. The Morgan fingerprint density at radius 1 is 1.20 bits per heavy atom. The molecule has 2 aliphatic rings. The number of fused-ring (bicyclic) bond motifs is 1. The number of hydrogen-bond donors (Lipinski definition) is 2. The number of nitrogens with one attached hydrogen (secondary N) is 2. The molecule has 0 aromatic heterocycles. The molecular weight excluding hydrogens is 428 g/mol. The van der Waals surface area contributed by atoms with Gasteiger partial charge in [-0.25, -0.2) is 9.59 Å². The maximum Gasteiger partial charge on any atom is 0.338 e. The molecule has 0 unspecified atom stereocenters. The average molecular weight is 447 g/mol. The van der Waals surface area contributed by atoms with Crippen molar-refractivity contribution < 1.29 is 23.8 Å². The van der Waals surface area contributed by atoms with Gasteiger partial charge in [-0.3, -0.25) is 0 Å². The van der Waals surface area contributed by atoms with Gasteiger partial charge in [0.1, 0.15) is 0 Å². The Balaban J connectivity index is 1.68. The molecule has 2 aliphatic heterocycles. The fraction of sp³-hybridized carbons (Fsp3) is 0.238. The molecule has 0 saturated heterocycles. The van der Waals surface area contributed by atoms with Gasteiger partial charge in [0, 0.05) is 21.4 Å². The quantitative estimate of drug-likeness (QED) is 0.514. The van der Waals surface area contributed by atoms with Crippen LogP contribution in [0.25, 0.3) is 0 Å². The number of esters is 1. The lowest BCUT2D eigenvalue weighted by molar-refractivity contribution is -0.139. The third kappa shape index (κ3) is 4.34. The van der Waals surface area contributed by atoms with E-state index in [4.69, 9.17) is 25.8 Å². The monoisotopic (exact) mass is 446 g/mol. The summed E-state index contributed by atoms with van der Waals surface area (Å²) in [6.07, 6.45) is 0. The Labute approximate surface area is 182 Å². The number of rotatable bonds is 6. The molecule has 156 valence electrons. The summed E-state index contributed by atoms with van der Waals surface area (Å²) in [4.78, 5) is 26.2. The molecular formula is C21H19ClN2O5S. The van der Waals surface area contributed by atoms with Crippen molar-refractivity contribution in [2.45, 2.75) is 17.9 Å². The first-order chi connectivity index (χ1) is 14.5. The SMILES string of the molecule is CCOC(=O)C1=C(CSc2ccc(Cl)cc2)NC(=O)N[C@H]1c1ccc2c(c1)OCO2. The summed E-state index contributed by atoms with van der Waals surface area (Å²) in [7, 11) is 0. The average Bonchev–Trinajstić information content (AvgIpc) is 3.21. The number of thioether (sulfide) groups is 1. The smallest absolute Gasteiger partial charge is 0.338 e. The highest BCUT2D eigenvalue weighted by Crippen LogP contribution is 2.37. The number of hydrogen-bond acceptors (Lipinski definition) is 6. The molecule has 0 bridgehead atoms. The van der Waals surface area contributed by atoms with Crippen molar-refractivity contribution in [3.05, 3.63) is 64.3 Å². The van der Waals surface area contributed by atoms with Gasteiger partial charge >= 0.3 is 12.0 Å². The fourth-order valence-electron chi connectivity index (χ4n) is 3.21. The van der Waals surface area contributed by atoms with Crippen LogP contribution in [0.4, 0.5) is 4.79 Å². The lowest BCUT2D eigenvalue weighted by Gasteiger charge is -2.29. The number of urea groups is 1. The molecule has 4 rings (SSSR count). The number of halogens is 1. The van der Waals surface area contributed by atoms with E-state index in [9.17, 15) is 9.59 Å². The molecule has 0 aliphatic carbocycles. The highest BCUT2D eigenvalue weighted by atomic mass is 35.5. The van der Waals surface area contributed by atoms with Gasteiger partial charge in [-0.2, -0.15) is 0 Å². The maximum absolute atomic E-state index is 12.8. The van der Waals surface area contributed by atoms with Crippen LogP contribution in [-0.2, 0) is 9.53 Å². The highest BCUT2D eigenvalue weighted by molar-refractivity contribution is 7.99. The number of ether oxygens (including phenoxy) is 3. The first-order valence-corrected chi connectivity index (χ1v) is 10.7. The second-order valence-electron chi connectivity index (χ2n) is 6.50. The Morgan fingerprint density at radius 2 is 1.97 bits per heavy atom. The van der Waals surface area contributed by atoms with Crippen molar-refractivity contribution >= 4 is 35.4 Å². The lowest BCUT2D eigenvalue weighted by atomic mass is 9.95. The Bertz CT molecular complexity index is 1010. The van der Waals surface area contributed by atoms with Gasteiger partial charge in [-0.05, 0) is 48.9 Å². The molecule has 9 heteroatoms. The number of carbonyl (C=O) groups is 2. The molecule has 2 N–H and O–H groups in total. The third-order valence-corrected chi connectivity index (χ3v) is 5.87. The lowest BCUT2D eigenvalue weighted by Crippen LogP contribution is -2.46. The van der Waals surface area contributed by atoms with Gasteiger partial charge < -0.3 is 24.8 Å². The van der Waals surface area contributed by atoms with Crippen LogP contribution in [0.1, 0.15) is 18.5 Å². The summed E-state index contributed by atoms with van der Waals surface area (Å²) >= 11 is 7.42. The summed E-state index contributed by atoms with van der Waals surface area (Å²) in [6.45, 7) is 2.10. The van der Waals surface area contributed by atoms with Crippen LogP contribution in [0, 0.1) is 0 Å². The molecule has 0 spiro atoms. The molecule has 2 aromatic rings. The van der Waals surface area contributed by atoms with Crippen molar-refractivity contribution in [2.75, 3.05) is 19.2 Å². The standard InChI is InChI=1S/C21H19ClN2O5S/c1-2-27-20(25)18-15(10-30-14-6-4-13(22)5-7-14)23-21(26)24-19(18)12-3-8-16-17(9-12)29-11-28-16/h3-9,19H,2,10-11H2,1H3,(H2,23,24,26)/t19-/m0/s1. The minimum absolute atomic E-state index is 0.140. The van der Waals surface area contributed by atoms with Crippen molar-refractivity contribution in [2.24, 2.45) is 0 Å². The van der Waals surface area contributed by atoms with Crippen LogP contribution >= 0.6 is 23.4 Å². The van der Waals surface area contributed by atoms with Crippen LogP contribution in [0.3, 0.4) is 0 Å². The molecule has 0 fully saturated rings. The summed E-state index contributed by atoms with van der Waals surface area (Å²) in [6, 6.07) is 11.6. The predicted octanol–water partition coefficient (Wildman–Crippen LogP) is 4.03. The van der Waals surface area contributed by atoms with Crippen molar-refractivity contribution in [3.8, 4) is 11.5 Å². The normalized spacial score (nSPS) is 17.4. The van der Waals surface area contributed by atoms with Crippen LogP contribution in [0.5, 0.6) is 11.5 Å². The zero-order chi connectivity index (χ0) is 21.1. The maximum atomic E-state index is 12.8. The third-order valence-electron chi connectivity index (χ3n) is 4.58. The minimum atomic E-state index is -0.673. The fourth-order valence-corrected chi connectivity index (χ4v) is 4.20. The van der Waals surface area contributed by atoms with Gasteiger partial charge in [0.15, 0.2) is 11.5 Å². The molecule has 1 atom stereocenters. The van der Waals surface area contributed by atoms with Crippen molar-refractivity contribution in [1.82, 2.24) is 10.6 Å². The number of carbonyl (C=O) groups excluding carboxylic acids is 2. The van der Waals surface area contributed by atoms with Gasteiger partial charge in [-0.1, -0.05) is 17.7 Å². The summed E-state index contributed by atoms with van der Waals surface area (Å²) < 4.78 is 16.1. The van der Waals surface area contributed by atoms with E-state index in [0.29, 0.717) is 39.1 Å². The van der Waals surface area contributed by atoms with E-state index < -0.39 is 18.0 Å². The predicted molar refractivity (Wildman–Crippen MR) is 113 cm³/mol. The molecule has 2 aromatic carbocycles. The summed E-state index contributed by atoms with van der Waals surface area (Å²) in [5.74, 6) is 1.09. The second kappa shape index (κ2) is 8.89. The van der Waals surface area contributed by atoms with Gasteiger partial charge in [0.2, 0.25) is 6.79 Å². The zero-order valence-electron chi connectivity index (χ0n) is 16.1. The zero-order valence-corrected chi connectivity index (χ0v) is 17.6. The number of benzene rings is 2. The highest BCUT2D eigenvalue weighted by Gasteiger charge is 2.34. The van der Waals surface area contributed by atoms with Crippen LogP contribution < -0.4 is 20.1 Å². The van der Waals surface area contributed by atoms with E-state index in [0.717, 1.165) is 4.90 Å². The molecule has 30 heavy (non-hydrogen) atoms. The topological polar surface area (TPSA) is 85.9 Å². The van der Waals surface area contributed by atoms with E-state index in [1.165, 1.54) is 11.8 Å². The largest absolute Gasteiger partial charge is 0.463 e. The Kier molecular flexibility index (Phi) is 6.06. The van der Waals surface area contributed by atoms with Crippen molar-refractivity contribution in [1.29, 1.82) is 0 Å². The first kappa shape index (κ1) is 20.4. The Morgan fingerprint density at radius 3 is 2.73 bits per heavy atom. The summed E-state index contributed by atoms with van der Waals surface area (Å²) in [5.41, 5.74) is 1.56. The molecule has 2 heterocycles. The van der Waals surface area contributed by atoms with Crippen molar-refractivity contribution in [3.63, 3.8) is 0 Å². The first-order valence-electron chi connectivity index (χ1n) is 9.30. The second-order valence-corrected chi connectivity index (χ2v) is 7.98. The number of amides is 2. The van der Waals surface area contributed by atoms with Crippen LogP contribution in [0.15, 0.2) is 58.6 Å². The van der Waals surface area contributed by atoms with Gasteiger partial charge in [0.05, 0.1) is 18.2 Å².